The Labute approximate surface area is 276 Å². The maximum Gasteiger partial charge on any atom is 0.307 e. The zero-order valence-electron chi connectivity index (χ0n) is 28.0. The maximum atomic E-state index is 14.1. The van der Waals surface area contributed by atoms with E-state index in [4.69, 9.17) is 14.9 Å². The third-order valence-electron chi connectivity index (χ3n) is 8.91. The number of para-hydroxylation sites is 1. The van der Waals surface area contributed by atoms with Crippen LogP contribution in [0.1, 0.15) is 72.9 Å². The van der Waals surface area contributed by atoms with Crippen LogP contribution < -0.4 is 26.1 Å². The molecule has 45 heavy (non-hydrogen) atoms. The van der Waals surface area contributed by atoms with Gasteiger partial charge >= 0.3 is 5.97 Å². The Morgan fingerprint density at radius 1 is 0.978 bits per heavy atom. The average molecular weight is 702 g/mol. The first-order valence-electron chi connectivity index (χ1n) is 15.6. The van der Waals surface area contributed by atoms with E-state index in [9.17, 15) is 14.4 Å². The van der Waals surface area contributed by atoms with Crippen LogP contribution in [0.3, 0.4) is 0 Å². The first-order valence-corrected chi connectivity index (χ1v) is 18.7. The van der Waals surface area contributed by atoms with E-state index < -0.39 is 38.3 Å². The van der Waals surface area contributed by atoms with Gasteiger partial charge in [-0.25, -0.2) is 0 Å². The fourth-order valence-electron chi connectivity index (χ4n) is 6.58. The highest BCUT2D eigenvalue weighted by Crippen LogP contribution is 2.43. The molecule has 2 amide bonds. The van der Waals surface area contributed by atoms with Crippen LogP contribution in [0, 0.1) is 0 Å². The minimum Gasteiger partial charge on any atom is -0.543 e. The number of esters is 1. The molecule has 2 aromatic rings. The molecule has 0 aliphatic carbocycles. The fourth-order valence-corrected chi connectivity index (χ4v) is 12.5. The molecule has 0 unspecified atom stereocenters. The number of ether oxygens (including phenoxy) is 1. The van der Waals surface area contributed by atoms with Crippen LogP contribution in [-0.2, 0) is 19.1 Å². The molecule has 11 heteroatoms. The van der Waals surface area contributed by atoms with E-state index in [0.717, 1.165) is 27.5 Å². The van der Waals surface area contributed by atoms with Gasteiger partial charge in [0, 0.05) is 18.7 Å². The highest BCUT2D eigenvalue weighted by Gasteiger charge is 2.47. The van der Waals surface area contributed by atoms with Crippen LogP contribution in [0.5, 0.6) is 5.75 Å². The number of alkyl halides is 1. The number of likely N-dealkylation sites (N-methyl/N-ethyl adjacent to an activating group) is 1. The molecule has 0 aromatic heterocycles. The van der Waals surface area contributed by atoms with Crippen molar-refractivity contribution in [1.82, 2.24) is 10.2 Å². The van der Waals surface area contributed by atoms with Crippen molar-refractivity contribution in [1.29, 1.82) is 0 Å². The number of methoxy groups -OCH3 is 1. The Kier molecular flexibility index (Phi) is 12.6. The molecule has 4 atom stereocenters. The minimum atomic E-state index is -2.17. The summed E-state index contributed by atoms with van der Waals surface area (Å²) in [4.78, 5) is 45.4. The third kappa shape index (κ3) is 8.23. The van der Waals surface area contributed by atoms with Crippen LogP contribution in [0.2, 0.25) is 16.6 Å². The number of carbonyl (C=O) groups excluding carboxylic acids is 3. The molecule has 9 nitrogen and oxygen atoms in total. The van der Waals surface area contributed by atoms with Gasteiger partial charge in [-0.05, 0) is 52.9 Å². The largest absolute Gasteiger partial charge is 0.543 e. The van der Waals surface area contributed by atoms with Crippen molar-refractivity contribution in [3.05, 3.63) is 64.7 Å². The van der Waals surface area contributed by atoms with Crippen LogP contribution in [0.25, 0.3) is 5.57 Å². The smallest absolute Gasteiger partial charge is 0.307 e. The van der Waals surface area contributed by atoms with Gasteiger partial charge in [0.25, 0.3) is 8.32 Å². The Bertz CT molecular complexity index is 1460. The molecule has 0 bridgehead atoms. The van der Waals surface area contributed by atoms with Gasteiger partial charge in [-0.2, -0.15) is 0 Å². The summed E-state index contributed by atoms with van der Waals surface area (Å²) in [5.74, 6) is -0.484. The predicted octanol–water partition coefficient (Wildman–Crippen LogP) is 4.73. The van der Waals surface area contributed by atoms with Gasteiger partial charge in [0.15, 0.2) is 0 Å². The lowest BCUT2D eigenvalue weighted by atomic mass is 9.99. The Morgan fingerprint density at radius 3 is 2.09 bits per heavy atom. The van der Waals surface area contributed by atoms with Crippen molar-refractivity contribution < 1.29 is 23.5 Å². The van der Waals surface area contributed by atoms with E-state index in [1.54, 1.807) is 14.0 Å². The number of amides is 2. The highest BCUT2D eigenvalue weighted by atomic mass is 79.9. The number of fused-ring (bicyclic) bond motifs is 1. The third-order valence-corrected chi connectivity index (χ3v) is 15.7. The Balaban J connectivity index is 1.97. The van der Waals surface area contributed by atoms with Crippen molar-refractivity contribution >= 4 is 47.6 Å². The minimum absolute atomic E-state index is 0.0847. The molecule has 3 N–H and O–H groups in total. The monoisotopic (exact) mass is 700 g/mol. The number of hydrogen-bond donors (Lipinski definition) is 2. The number of carbonyl (C=O) groups is 3. The maximum absolute atomic E-state index is 14.1. The van der Waals surface area contributed by atoms with Crippen molar-refractivity contribution in [2.45, 2.75) is 101 Å². The van der Waals surface area contributed by atoms with Gasteiger partial charge in [-0.3, -0.25) is 19.4 Å². The first-order chi connectivity index (χ1) is 21.1. The Morgan fingerprint density at radius 2 is 1.56 bits per heavy atom. The molecule has 2 aromatic carbocycles. The van der Waals surface area contributed by atoms with E-state index in [0.29, 0.717) is 16.6 Å². The Hall–Kier alpha value is -3.02. The van der Waals surface area contributed by atoms with Gasteiger partial charge in [0.2, 0.25) is 11.8 Å². The molecule has 0 fully saturated rings. The number of rotatable bonds is 14. The molecular weight excluding hydrogens is 652 g/mol. The van der Waals surface area contributed by atoms with Crippen molar-refractivity contribution in [2.24, 2.45) is 10.7 Å². The number of nitrogens with zero attached hydrogens (tertiary/aromatic N) is 2. The lowest BCUT2D eigenvalue weighted by molar-refractivity contribution is -0.142. The molecule has 246 valence electrons. The van der Waals surface area contributed by atoms with Crippen molar-refractivity contribution in [3.63, 3.8) is 0 Å². The zero-order valence-corrected chi connectivity index (χ0v) is 30.6. The summed E-state index contributed by atoms with van der Waals surface area (Å²) in [6.45, 7) is 15.0. The predicted molar refractivity (Wildman–Crippen MR) is 184 cm³/mol. The fraction of sp³-hybridized carbons (Fsp3) is 0.529. The molecule has 1 aliphatic heterocycles. The number of hydrogen-bond acceptors (Lipinski definition) is 7. The summed E-state index contributed by atoms with van der Waals surface area (Å²) in [7, 11) is 0.721. The van der Waals surface area contributed by atoms with E-state index in [1.807, 2.05) is 48.5 Å². The lowest BCUT2D eigenvalue weighted by Crippen LogP contribution is -2.52. The van der Waals surface area contributed by atoms with Crippen molar-refractivity contribution in [3.8, 4) is 5.75 Å². The summed E-state index contributed by atoms with van der Waals surface area (Å²) < 4.78 is 11.8. The van der Waals surface area contributed by atoms with Gasteiger partial charge in [-0.1, -0.05) is 87.8 Å². The van der Waals surface area contributed by atoms with E-state index >= 15 is 0 Å². The summed E-state index contributed by atoms with van der Waals surface area (Å²) in [6.07, 6.45) is 0.139. The second-order valence-electron chi connectivity index (χ2n) is 12.8. The van der Waals surface area contributed by atoms with E-state index in [-0.39, 0.29) is 23.7 Å². The molecule has 1 aliphatic rings. The summed E-state index contributed by atoms with van der Waals surface area (Å²) >= 11 is 3.63. The molecule has 0 spiro atoms. The molecule has 0 saturated heterocycles. The first kappa shape index (κ1) is 36.4. The molecular formula is C34H49BrN4O5Si. The van der Waals surface area contributed by atoms with Gasteiger partial charge < -0.3 is 25.1 Å². The average Bonchev–Trinajstić information content (AvgIpc) is 3.31. The van der Waals surface area contributed by atoms with Crippen LogP contribution in [-0.4, -0.2) is 62.2 Å². The number of nitrogens with one attached hydrogen (secondary N) is 1. The quantitative estimate of drug-likeness (QED) is 0.127. The SMILES string of the molecule is COC(=O)C[C@H](NC(=O)[C@H](CC1=c2ccccc2=N[C@H]1Br)N(C)C(=O)[C@@H](C)N)c1ccc(O[Si](C(C)C)(C(C)C)C(C)C)cc1. The zero-order chi connectivity index (χ0) is 33.6. The van der Waals surface area contributed by atoms with Crippen LogP contribution in [0.15, 0.2) is 53.5 Å². The lowest BCUT2D eigenvalue weighted by Gasteiger charge is -2.42. The second kappa shape index (κ2) is 15.5. The number of halogens is 1. The standard InChI is InChI=1S/C34H49BrN4O5Si/c1-20(2)45(21(3)4,22(5)6)44-25-16-14-24(15-17-25)29(19-31(40)43-9)38-33(41)30(39(8)34(42)23(7)36)18-27-26-12-10-11-13-28(26)37-32(27)35/h10-17,20-23,29-30,32H,18-19,36H2,1-9H3,(H,38,41)/t23-,29+,30+,32-/m1/s1. The normalized spacial score (nSPS) is 16.6. The second-order valence-corrected chi connectivity index (χ2v) is 19.0. The number of benzene rings is 2. The topological polar surface area (TPSA) is 123 Å². The summed E-state index contributed by atoms with van der Waals surface area (Å²) in [6, 6.07) is 12.9. The van der Waals surface area contributed by atoms with Crippen LogP contribution in [0.4, 0.5) is 0 Å². The van der Waals surface area contributed by atoms with Gasteiger partial charge in [0.1, 0.15) is 16.7 Å². The van der Waals surface area contributed by atoms with E-state index in [1.165, 1.54) is 12.0 Å². The number of nitrogens with two attached hydrogens (primary N) is 1. The summed E-state index contributed by atoms with van der Waals surface area (Å²) in [5, 5.41) is 4.78. The molecule has 0 saturated carbocycles. The van der Waals surface area contributed by atoms with Gasteiger partial charge in [-0.15, -0.1) is 0 Å². The van der Waals surface area contributed by atoms with Crippen molar-refractivity contribution in [2.75, 3.05) is 14.2 Å². The van der Waals surface area contributed by atoms with Crippen LogP contribution >= 0.6 is 15.9 Å². The highest BCUT2D eigenvalue weighted by molar-refractivity contribution is 9.09. The summed E-state index contributed by atoms with van der Waals surface area (Å²) in [5.41, 5.74) is 8.78. The van der Waals surface area contributed by atoms with E-state index in [2.05, 4.69) is 67.8 Å². The molecule has 0 radical (unpaired) electrons. The van der Waals surface area contributed by atoms with Gasteiger partial charge in [0.05, 0.1) is 31.0 Å². The molecule has 3 rings (SSSR count). The molecule has 1 heterocycles.